The molecule has 0 spiro atoms. The number of likely N-dealkylation sites (N-methyl/N-ethyl adjacent to an activating group) is 1. The summed E-state index contributed by atoms with van der Waals surface area (Å²) in [4.78, 5) is 2.05. The quantitative estimate of drug-likeness (QED) is 0.896. The van der Waals surface area contributed by atoms with Crippen molar-refractivity contribution in [3.05, 3.63) is 51.5 Å². The molecule has 6 heteroatoms. The number of hydrogen-bond donors (Lipinski definition) is 1. The molecule has 1 unspecified atom stereocenters. The third kappa shape index (κ3) is 3.70. The Bertz CT molecular complexity index is 627. The lowest BCUT2D eigenvalue weighted by molar-refractivity contribution is 0.204. The second kappa shape index (κ2) is 6.68. The minimum Gasteiger partial charge on any atom is -0.382 e. The van der Waals surface area contributed by atoms with E-state index in [0.29, 0.717) is 23.4 Å². The molecular weight excluding hydrogens is 337 g/mol. The molecule has 0 saturated carbocycles. The Kier molecular flexibility index (Phi) is 5.13. The van der Waals surface area contributed by atoms with Crippen molar-refractivity contribution < 1.29 is 9.50 Å². The minimum atomic E-state index is -0.844. The van der Waals surface area contributed by atoms with Gasteiger partial charge in [0, 0.05) is 6.54 Å². The second-order valence-electron chi connectivity index (χ2n) is 5.32. The van der Waals surface area contributed by atoms with Crippen molar-refractivity contribution in [2.24, 2.45) is 0 Å². The van der Waals surface area contributed by atoms with Gasteiger partial charge in [0.1, 0.15) is 11.9 Å². The SMILES string of the molecule is Cc1cc(C(O)c2c(Br)cnn2CCN(C)C)ccc1F. The van der Waals surface area contributed by atoms with Crippen molar-refractivity contribution in [1.29, 1.82) is 0 Å². The van der Waals surface area contributed by atoms with Gasteiger partial charge in [-0.3, -0.25) is 4.68 Å². The zero-order chi connectivity index (χ0) is 15.6. The van der Waals surface area contributed by atoms with Gasteiger partial charge in [0.25, 0.3) is 0 Å². The normalized spacial score (nSPS) is 12.9. The van der Waals surface area contributed by atoms with Crippen LogP contribution < -0.4 is 0 Å². The molecule has 0 saturated heterocycles. The monoisotopic (exact) mass is 355 g/mol. The highest BCUT2D eigenvalue weighted by molar-refractivity contribution is 9.10. The van der Waals surface area contributed by atoms with E-state index in [0.717, 1.165) is 11.0 Å². The molecule has 2 aromatic rings. The van der Waals surface area contributed by atoms with Gasteiger partial charge in [-0.1, -0.05) is 12.1 Å². The van der Waals surface area contributed by atoms with E-state index in [1.54, 1.807) is 29.9 Å². The van der Waals surface area contributed by atoms with Gasteiger partial charge in [-0.05, 0) is 54.1 Å². The van der Waals surface area contributed by atoms with Gasteiger partial charge < -0.3 is 10.0 Å². The van der Waals surface area contributed by atoms with E-state index in [9.17, 15) is 9.50 Å². The van der Waals surface area contributed by atoms with Crippen molar-refractivity contribution in [2.75, 3.05) is 20.6 Å². The number of aromatic nitrogens is 2. The molecule has 4 nitrogen and oxygen atoms in total. The first-order valence-corrected chi connectivity index (χ1v) is 7.49. The molecule has 114 valence electrons. The summed E-state index contributed by atoms with van der Waals surface area (Å²) < 4.78 is 15.9. The third-order valence-electron chi connectivity index (χ3n) is 3.35. The Morgan fingerprint density at radius 3 is 2.76 bits per heavy atom. The molecular formula is C15H19BrFN3O. The number of rotatable bonds is 5. The number of aliphatic hydroxyl groups excluding tert-OH is 1. The van der Waals surface area contributed by atoms with Crippen molar-refractivity contribution >= 4 is 15.9 Å². The van der Waals surface area contributed by atoms with E-state index in [1.165, 1.54) is 6.07 Å². The summed E-state index contributed by atoms with van der Waals surface area (Å²) in [7, 11) is 3.97. The van der Waals surface area contributed by atoms with Gasteiger partial charge in [-0.25, -0.2) is 4.39 Å². The van der Waals surface area contributed by atoms with Gasteiger partial charge in [0.2, 0.25) is 0 Å². The van der Waals surface area contributed by atoms with Gasteiger partial charge in [0.05, 0.1) is 22.9 Å². The van der Waals surface area contributed by atoms with Crippen LogP contribution in [-0.2, 0) is 6.54 Å². The summed E-state index contributed by atoms with van der Waals surface area (Å²) in [6, 6.07) is 4.64. The number of halogens is 2. The van der Waals surface area contributed by atoms with Crippen molar-refractivity contribution in [1.82, 2.24) is 14.7 Å². The lowest BCUT2D eigenvalue weighted by atomic mass is 10.0. The average Bonchev–Trinajstić information content (AvgIpc) is 2.80. The van der Waals surface area contributed by atoms with Crippen molar-refractivity contribution in [2.45, 2.75) is 19.6 Å². The first kappa shape index (κ1) is 16.1. The van der Waals surface area contributed by atoms with Crippen molar-refractivity contribution in [3.63, 3.8) is 0 Å². The van der Waals surface area contributed by atoms with E-state index in [1.807, 2.05) is 19.0 Å². The summed E-state index contributed by atoms with van der Waals surface area (Å²) in [5.74, 6) is -0.272. The highest BCUT2D eigenvalue weighted by Crippen LogP contribution is 2.29. The Labute approximate surface area is 132 Å². The maximum absolute atomic E-state index is 13.4. The van der Waals surface area contributed by atoms with Gasteiger partial charge in [-0.2, -0.15) is 5.10 Å². The fraction of sp³-hybridized carbons (Fsp3) is 0.400. The van der Waals surface area contributed by atoms with Crippen molar-refractivity contribution in [3.8, 4) is 0 Å². The summed E-state index contributed by atoms with van der Waals surface area (Å²) in [6.07, 6.45) is 0.827. The molecule has 0 aliphatic rings. The molecule has 0 amide bonds. The molecule has 0 radical (unpaired) electrons. The average molecular weight is 356 g/mol. The van der Waals surface area contributed by atoms with Gasteiger partial charge in [0.15, 0.2) is 0 Å². The Morgan fingerprint density at radius 1 is 1.43 bits per heavy atom. The molecule has 0 fully saturated rings. The number of benzene rings is 1. The van der Waals surface area contributed by atoms with E-state index in [4.69, 9.17) is 0 Å². The number of aryl methyl sites for hydroxylation is 1. The molecule has 1 N–H and O–H groups in total. The molecule has 1 heterocycles. The topological polar surface area (TPSA) is 41.3 Å². The summed E-state index contributed by atoms with van der Waals surface area (Å²) in [5, 5.41) is 14.9. The van der Waals surface area contributed by atoms with Crippen LogP contribution in [0.2, 0.25) is 0 Å². The molecule has 2 rings (SSSR count). The van der Waals surface area contributed by atoms with Crippen LogP contribution in [0.1, 0.15) is 22.9 Å². The van der Waals surface area contributed by atoms with E-state index >= 15 is 0 Å². The Morgan fingerprint density at radius 2 is 2.14 bits per heavy atom. The van der Waals surface area contributed by atoms with Gasteiger partial charge in [-0.15, -0.1) is 0 Å². The van der Waals surface area contributed by atoms with E-state index < -0.39 is 6.10 Å². The summed E-state index contributed by atoms with van der Waals surface area (Å²) >= 11 is 3.42. The number of hydrogen-bond acceptors (Lipinski definition) is 3. The minimum absolute atomic E-state index is 0.272. The number of nitrogens with zero attached hydrogens (tertiary/aromatic N) is 3. The zero-order valence-corrected chi connectivity index (χ0v) is 13.9. The largest absolute Gasteiger partial charge is 0.382 e. The highest BCUT2D eigenvalue weighted by Gasteiger charge is 2.20. The van der Waals surface area contributed by atoms with Crippen LogP contribution >= 0.6 is 15.9 Å². The Hall–Kier alpha value is -1.24. The smallest absolute Gasteiger partial charge is 0.126 e. The fourth-order valence-corrected chi connectivity index (χ4v) is 2.63. The van der Waals surface area contributed by atoms with Crippen LogP contribution in [0.5, 0.6) is 0 Å². The fourth-order valence-electron chi connectivity index (χ4n) is 2.11. The van der Waals surface area contributed by atoms with Crippen LogP contribution in [0, 0.1) is 12.7 Å². The standard InChI is InChI=1S/C15H19BrFN3O/c1-10-8-11(4-5-13(10)17)15(21)14-12(16)9-18-20(14)7-6-19(2)3/h4-5,8-9,15,21H,6-7H2,1-3H3. The van der Waals surface area contributed by atoms with Gasteiger partial charge >= 0.3 is 0 Å². The molecule has 0 bridgehead atoms. The zero-order valence-electron chi connectivity index (χ0n) is 12.3. The van der Waals surface area contributed by atoms with Crippen LogP contribution in [0.25, 0.3) is 0 Å². The van der Waals surface area contributed by atoms with Crippen LogP contribution in [-0.4, -0.2) is 40.4 Å². The first-order valence-electron chi connectivity index (χ1n) is 6.70. The second-order valence-corrected chi connectivity index (χ2v) is 6.17. The molecule has 1 atom stereocenters. The first-order chi connectivity index (χ1) is 9.90. The highest BCUT2D eigenvalue weighted by atomic mass is 79.9. The molecule has 1 aromatic heterocycles. The number of aliphatic hydroxyl groups is 1. The Balaban J connectivity index is 2.31. The summed E-state index contributed by atoms with van der Waals surface area (Å²) in [6.45, 7) is 3.17. The van der Waals surface area contributed by atoms with Crippen LogP contribution in [0.3, 0.4) is 0 Å². The predicted octanol–water partition coefficient (Wildman–Crippen LogP) is 2.74. The molecule has 21 heavy (non-hydrogen) atoms. The maximum atomic E-state index is 13.4. The molecule has 0 aliphatic heterocycles. The maximum Gasteiger partial charge on any atom is 0.126 e. The van der Waals surface area contributed by atoms with E-state index in [-0.39, 0.29) is 5.82 Å². The van der Waals surface area contributed by atoms with Crippen LogP contribution in [0.15, 0.2) is 28.9 Å². The van der Waals surface area contributed by atoms with E-state index in [2.05, 4.69) is 21.0 Å². The molecule has 1 aromatic carbocycles. The predicted molar refractivity (Wildman–Crippen MR) is 83.7 cm³/mol. The molecule has 0 aliphatic carbocycles. The summed E-state index contributed by atoms with van der Waals surface area (Å²) in [5.41, 5.74) is 1.85. The third-order valence-corrected chi connectivity index (χ3v) is 3.96. The lowest BCUT2D eigenvalue weighted by Crippen LogP contribution is -2.21. The van der Waals surface area contributed by atoms with Crippen LogP contribution in [0.4, 0.5) is 4.39 Å². The lowest BCUT2D eigenvalue weighted by Gasteiger charge is -2.17.